The summed E-state index contributed by atoms with van der Waals surface area (Å²) >= 11 is 20.9. The lowest BCUT2D eigenvalue weighted by Gasteiger charge is -2.43. The highest BCUT2D eigenvalue weighted by Crippen LogP contribution is 2.30. The van der Waals surface area contributed by atoms with Crippen LogP contribution in [0.4, 0.5) is 0 Å². The summed E-state index contributed by atoms with van der Waals surface area (Å²) in [6, 6.07) is 63.2. The van der Waals surface area contributed by atoms with Gasteiger partial charge in [0, 0.05) is 19.0 Å². The van der Waals surface area contributed by atoms with Gasteiger partial charge in [0.15, 0.2) is 8.07 Å². The highest BCUT2D eigenvalue weighted by Gasteiger charge is 2.50. The molecule has 0 aromatic heterocycles. The van der Waals surface area contributed by atoms with E-state index < -0.39 is 8.07 Å². The van der Waals surface area contributed by atoms with Crippen LogP contribution in [0.5, 0.6) is 0 Å². The van der Waals surface area contributed by atoms with Crippen LogP contribution >= 0.6 is 55.1 Å². The third kappa shape index (κ3) is 11.9. The molecule has 0 unspecified atom stereocenters. The molecule has 0 atom stereocenters. The molecule has 1 nitrogen and oxygen atoms in total. The molecule has 0 saturated carbocycles. The Morgan fingerprint density at radius 1 is 0.413 bits per heavy atom. The summed E-state index contributed by atoms with van der Waals surface area (Å²) in [4.78, 5) is 0. The van der Waals surface area contributed by atoms with Crippen LogP contribution in [0.1, 0.15) is 159 Å². The molecular weight excluding hydrogens is 1100 g/mol. The molecule has 8 heteroatoms. The molecule has 0 radical (unpaired) electrons. The van der Waals surface area contributed by atoms with Crippen molar-refractivity contribution in [3.8, 4) is 0 Å². The van der Waals surface area contributed by atoms with Gasteiger partial charge >= 0.3 is 0 Å². The molecule has 0 fully saturated rings. The van der Waals surface area contributed by atoms with Gasteiger partial charge < -0.3 is 6.15 Å². The van der Waals surface area contributed by atoms with E-state index in [4.69, 9.17) is 23.2 Å². The minimum absolute atomic E-state index is 0. The molecule has 0 amide bonds. The van der Waals surface area contributed by atoms with Crippen LogP contribution in [0.2, 0.25) is 10.0 Å². The van der Waals surface area contributed by atoms with Gasteiger partial charge in [0.25, 0.3) is 0 Å². The SMILES string of the molecule is C.CC(C)c1cc(C(C)C)c(B(c2ccccc2Br)c2ccc(Cl)cc2Br)c(C(C)C)c1.CC(C)c1cc(C(C)C)c(B2c3ccccc3[Si](c3ccccc3)(c3ccccc3)c3cc(Cl)ccc32)c(C(C)C)c1.N. The lowest BCUT2D eigenvalue weighted by atomic mass is 9.34. The van der Waals surface area contributed by atoms with E-state index in [1.54, 1.807) is 0 Å². The largest absolute Gasteiger partial charge is 0.344 e. The molecule has 1 heterocycles. The Hall–Kier alpha value is -4.39. The monoisotopic (exact) mass is 1170 g/mol. The molecular formula is C67H77B2Br2Cl2NSi. The maximum atomic E-state index is 6.94. The minimum atomic E-state index is -2.68. The Morgan fingerprint density at radius 2 is 0.827 bits per heavy atom. The Balaban J connectivity index is 0.000000248. The number of rotatable bonds is 12. The van der Waals surface area contributed by atoms with Crippen molar-refractivity contribution in [1.82, 2.24) is 6.15 Å². The van der Waals surface area contributed by atoms with Crippen LogP contribution in [0.3, 0.4) is 0 Å². The van der Waals surface area contributed by atoms with E-state index in [1.165, 1.54) is 86.9 Å². The molecule has 0 saturated heterocycles. The van der Waals surface area contributed by atoms with E-state index >= 15 is 0 Å². The third-order valence-electron chi connectivity index (χ3n) is 15.2. The molecule has 8 aromatic rings. The second-order valence-corrected chi connectivity index (χ2v) is 28.3. The van der Waals surface area contributed by atoms with Crippen LogP contribution in [0.25, 0.3) is 0 Å². The Kier molecular flexibility index (Phi) is 20.3. The van der Waals surface area contributed by atoms with Crippen molar-refractivity contribution < 1.29 is 0 Å². The quantitative estimate of drug-likeness (QED) is 0.122. The van der Waals surface area contributed by atoms with Gasteiger partial charge in [-0.2, -0.15) is 0 Å². The minimum Gasteiger partial charge on any atom is -0.344 e. The number of hydrogen-bond donors (Lipinski definition) is 1. The van der Waals surface area contributed by atoms with E-state index in [1.807, 2.05) is 12.1 Å². The zero-order valence-electron chi connectivity index (χ0n) is 45.5. The highest BCUT2D eigenvalue weighted by atomic mass is 79.9. The van der Waals surface area contributed by atoms with Gasteiger partial charge in [0.2, 0.25) is 13.4 Å². The summed E-state index contributed by atoms with van der Waals surface area (Å²) in [6.45, 7) is 28.1. The average molecular weight is 1180 g/mol. The Morgan fingerprint density at radius 3 is 1.31 bits per heavy atom. The van der Waals surface area contributed by atoms with Crippen LogP contribution in [0, 0.1) is 0 Å². The fourth-order valence-corrected chi connectivity index (χ4v) is 18.6. The fourth-order valence-electron chi connectivity index (χ4n) is 11.6. The van der Waals surface area contributed by atoms with E-state index in [-0.39, 0.29) is 27.0 Å². The summed E-state index contributed by atoms with van der Waals surface area (Å²) < 4.78 is 2.16. The van der Waals surface area contributed by atoms with Crippen molar-refractivity contribution in [2.75, 3.05) is 0 Å². The molecule has 9 rings (SSSR count). The Bertz CT molecular complexity index is 3130. The summed E-state index contributed by atoms with van der Waals surface area (Å²) in [6.07, 6.45) is 0. The first kappa shape index (κ1) is 59.8. The second-order valence-electron chi connectivity index (χ2n) is 22.0. The lowest BCUT2D eigenvalue weighted by molar-refractivity contribution is 0.812. The van der Waals surface area contributed by atoms with Crippen LogP contribution in [-0.4, -0.2) is 21.5 Å². The zero-order valence-corrected chi connectivity index (χ0v) is 51.2. The summed E-state index contributed by atoms with van der Waals surface area (Å²) in [5.41, 5.74) is 16.9. The lowest BCUT2D eigenvalue weighted by Crippen LogP contribution is -2.86. The molecule has 3 N–H and O–H groups in total. The number of hydrogen-bond acceptors (Lipinski definition) is 1. The first-order valence-electron chi connectivity index (χ1n) is 26.4. The molecule has 388 valence electrons. The molecule has 1 aliphatic rings. The van der Waals surface area contributed by atoms with Crippen molar-refractivity contribution in [3.63, 3.8) is 0 Å². The highest BCUT2D eigenvalue weighted by molar-refractivity contribution is 9.11. The first-order valence-corrected chi connectivity index (χ1v) is 30.8. The number of halogens is 4. The molecule has 75 heavy (non-hydrogen) atoms. The van der Waals surface area contributed by atoms with Gasteiger partial charge in [-0.3, -0.25) is 0 Å². The van der Waals surface area contributed by atoms with Crippen molar-refractivity contribution in [3.05, 3.63) is 222 Å². The first-order chi connectivity index (χ1) is 34.9. The fraction of sp³-hybridized carbons (Fsp3) is 0.284. The normalized spacial score (nSPS) is 12.6. The number of benzene rings is 8. The maximum Gasteiger partial charge on any atom is 0.244 e. The van der Waals surface area contributed by atoms with E-state index in [0.29, 0.717) is 35.5 Å². The van der Waals surface area contributed by atoms with Gasteiger partial charge in [-0.05, 0) is 120 Å². The molecule has 0 spiro atoms. The van der Waals surface area contributed by atoms with Crippen LogP contribution in [0.15, 0.2) is 179 Å². The van der Waals surface area contributed by atoms with Crippen molar-refractivity contribution >= 4 is 130 Å². The molecule has 0 bridgehead atoms. The van der Waals surface area contributed by atoms with Crippen LogP contribution in [-0.2, 0) is 0 Å². The van der Waals surface area contributed by atoms with Crippen molar-refractivity contribution in [2.45, 2.75) is 126 Å². The van der Waals surface area contributed by atoms with Crippen molar-refractivity contribution in [1.29, 1.82) is 0 Å². The van der Waals surface area contributed by atoms with E-state index in [2.05, 4.69) is 273 Å². The smallest absolute Gasteiger partial charge is 0.244 e. The zero-order chi connectivity index (χ0) is 52.5. The summed E-state index contributed by atoms with van der Waals surface area (Å²) in [7, 11) is -2.68. The molecule has 8 aromatic carbocycles. The van der Waals surface area contributed by atoms with Gasteiger partial charge in [-0.15, -0.1) is 0 Å². The summed E-state index contributed by atoms with van der Waals surface area (Å²) in [5.74, 6) is 2.63. The third-order valence-corrected chi connectivity index (χ3v) is 22.0. The van der Waals surface area contributed by atoms with Crippen LogP contribution < -0.4 is 59.7 Å². The van der Waals surface area contributed by atoms with Gasteiger partial charge in [0.05, 0.1) is 0 Å². The summed E-state index contributed by atoms with van der Waals surface area (Å²) in [5, 5.41) is 7.22. The average Bonchev–Trinajstić information content (AvgIpc) is 3.36. The molecule has 1 aliphatic heterocycles. The standard InChI is InChI=1S/C39H40BClSi.C27H30BBr2Cl.CH4.H3N/c1-26(2)29-23-33(27(3)4)39(34(24-29)28(5)6)40-35-19-13-14-20-37(35)42(31-15-9-7-10-16-31,32-17-11-8-12-18-32)38-25-30(41)21-22-36(38)40;1-16(2)19-13-21(17(3)4)27(22(14-19)18(5)6)28(23-9-7-8-10-25(23)29)24-12-11-20(31)15-26(24)30;;/h7-28H,1-6H3;7-18H,1-6H3;1H4;1H3. The predicted molar refractivity (Wildman–Crippen MR) is 347 cm³/mol. The predicted octanol–water partition coefficient (Wildman–Crippen LogP) is 14.5. The van der Waals surface area contributed by atoms with Gasteiger partial charge in [-0.1, -0.05) is 318 Å². The molecule has 0 aliphatic carbocycles. The van der Waals surface area contributed by atoms with Gasteiger partial charge in [-0.25, -0.2) is 0 Å². The van der Waals surface area contributed by atoms with Gasteiger partial charge in [0.1, 0.15) is 0 Å². The Labute approximate surface area is 480 Å². The van der Waals surface area contributed by atoms with Crippen molar-refractivity contribution in [2.24, 2.45) is 0 Å². The number of fused-ring (bicyclic) bond motifs is 2. The second kappa shape index (κ2) is 25.4. The topological polar surface area (TPSA) is 35.0 Å². The van der Waals surface area contributed by atoms with E-state index in [9.17, 15) is 0 Å². The maximum absolute atomic E-state index is 6.94. The van der Waals surface area contributed by atoms with E-state index in [0.717, 1.165) is 19.0 Å².